The second-order valence-corrected chi connectivity index (χ2v) is 23.8. The van der Waals surface area contributed by atoms with E-state index in [2.05, 4.69) is 83.4 Å². The topological polar surface area (TPSA) is 159 Å². The van der Waals surface area contributed by atoms with Gasteiger partial charge in [0.05, 0.1) is 17.4 Å². The van der Waals surface area contributed by atoms with Crippen LogP contribution in [0, 0.1) is 5.21 Å². The smallest absolute Gasteiger partial charge is 0.338 e. The molecule has 1 aromatic heterocycles. The number of ether oxygens (including phenoxy) is 2. The van der Waals surface area contributed by atoms with Gasteiger partial charge in [0.15, 0.2) is 22.9 Å². The van der Waals surface area contributed by atoms with E-state index in [0.717, 1.165) is 0 Å². The molecule has 1 aliphatic heterocycles. The van der Waals surface area contributed by atoms with Crippen LogP contribution >= 0.6 is 0 Å². The largest absolute Gasteiger partial charge is 0.696 e. The molecule has 1 fully saturated rings. The Bertz CT molecular complexity index is 1480. The van der Waals surface area contributed by atoms with Crippen molar-refractivity contribution in [1.29, 1.82) is 0 Å². The quantitative estimate of drug-likeness (QED) is 0.106. The average Bonchev–Trinajstić information content (AvgIpc) is 3.21. The summed E-state index contributed by atoms with van der Waals surface area (Å²) in [4.78, 5) is 39.6. The summed E-state index contributed by atoms with van der Waals surface area (Å²) in [7, 11) is -4.94. The molecule has 2 heterocycles. The molecule has 0 saturated carbocycles. The standard InChI is InChI=1S/C30H49N5O8Si2/c1-12-40-27(37)20-13-15-21(16-14-20)32-33-35(39)19-22-24(42-44(8,9)29(2,3)4)25(43-45(10,11)30(5,6)7)26(41-22)34-18-17-23(36)31-28(34)38/h13-18,22,24-26,32H,12,19H2,1-11H3,(H,31,36,38). The molecule has 4 atom stereocenters. The average molecular weight is 664 g/mol. The van der Waals surface area contributed by atoms with Crippen molar-refractivity contribution in [2.24, 2.45) is 5.22 Å². The molecule has 0 amide bonds. The highest BCUT2D eigenvalue weighted by Gasteiger charge is 2.55. The molecule has 0 bridgehead atoms. The van der Waals surface area contributed by atoms with Crippen LogP contribution in [-0.4, -0.2) is 68.5 Å². The highest BCUT2D eigenvalue weighted by molar-refractivity contribution is 6.74. The van der Waals surface area contributed by atoms with Crippen molar-refractivity contribution < 1.29 is 28.0 Å². The van der Waals surface area contributed by atoms with Gasteiger partial charge in [-0.1, -0.05) is 41.5 Å². The van der Waals surface area contributed by atoms with Crippen LogP contribution in [0.2, 0.25) is 36.3 Å². The lowest BCUT2D eigenvalue weighted by molar-refractivity contribution is -0.538. The number of rotatable bonds is 11. The van der Waals surface area contributed by atoms with Crippen LogP contribution in [-0.2, 0) is 18.3 Å². The Labute approximate surface area is 266 Å². The Kier molecular flexibility index (Phi) is 11.1. The number of carbonyl (C=O) groups excluding carboxylic acids is 1. The molecule has 3 rings (SSSR count). The zero-order valence-electron chi connectivity index (χ0n) is 28.3. The highest BCUT2D eigenvalue weighted by Crippen LogP contribution is 2.45. The Morgan fingerprint density at radius 3 is 2.07 bits per heavy atom. The summed E-state index contributed by atoms with van der Waals surface area (Å²) in [5.41, 5.74) is 2.39. The van der Waals surface area contributed by atoms with Gasteiger partial charge in [0.25, 0.3) is 5.56 Å². The molecule has 13 nitrogen and oxygen atoms in total. The van der Waals surface area contributed by atoms with E-state index in [0.29, 0.717) is 16.1 Å². The van der Waals surface area contributed by atoms with Crippen molar-refractivity contribution in [2.75, 3.05) is 18.6 Å². The van der Waals surface area contributed by atoms with Crippen molar-refractivity contribution in [2.45, 2.75) is 109 Å². The van der Waals surface area contributed by atoms with Gasteiger partial charge in [-0.15, -0.1) is 5.43 Å². The summed E-state index contributed by atoms with van der Waals surface area (Å²) in [6.07, 6.45) is -1.92. The molecule has 0 aliphatic carbocycles. The first-order valence-electron chi connectivity index (χ1n) is 15.2. The van der Waals surface area contributed by atoms with Crippen LogP contribution in [0.4, 0.5) is 5.69 Å². The number of nitrogens with zero attached hydrogens (tertiary/aromatic N) is 3. The van der Waals surface area contributed by atoms with Crippen molar-refractivity contribution in [3.8, 4) is 0 Å². The summed E-state index contributed by atoms with van der Waals surface area (Å²) >= 11 is 0. The zero-order chi connectivity index (χ0) is 34.0. The summed E-state index contributed by atoms with van der Waals surface area (Å²) in [6, 6.07) is 7.62. The maximum absolute atomic E-state index is 13.2. The predicted molar refractivity (Wildman–Crippen MR) is 176 cm³/mol. The predicted octanol–water partition coefficient (Wildman–Crippen LogP) is 5.38. The third-order valence-electron chi connectivity index (χ3n) is 8.91. The van der Waals surface area contributed by atoms with E-state index in [1.807, 2.05) is 0 Å². The van der Waals surface area contributed by atoms with E-state index >= 15 is 0 Å². The van der Waals surface area contributed by atoms with E-state index < -0.39 is 58.4 Å². The fraction of sp³-hybridized carbons (Fsp3) is 0.633. The van der Waals surface area contributed by atoms with Gasteiger partial charge in [0, 0.05) is 12.3 Å². The summed E-state index contributed by atoms with van der Waals surface area (Å²) in [6.45, 7) is 22.8. The molecule has 15 heteroatoms. The van der Waals surface area contributed by atoms with E-state index in [1.165, 1.54) is 16.8 Å². The number of esters is 1. The first-order chi connectivity index (χ1) is 20.7. The van der Waals surface area contributed by atoms with Gasteiger partial charge in [0.1, 0.15) is 30.5 Å². The normalized spacial score (nSPS) is 21.5. The maximum Gasteiger partial charge on any atom is 0.338 e. The molecule has 1 saturated heterocycles. The molecule has 250 valence electrons. The van der Waals surface area contributed by atoms with E-state index in [4.69, 9.17) is 18.3 Å². The van der Waals surface area contributed by atoms with Crippen LogP contribution in [0.5, 0.6) is 0 Å². The number of H-pyrrole nitrogens is 1. The van der Waals surface area contributed by atoms with Crippen LogP contribution < -0.4 is 16.7 Å². The van der Waals surface area contributed by atoms with Crippen LogP contribution in [0.1, 0.15) is 65.1 Å². The maximum atomic E-state index is 13.2. The van der Waals surface area contributed by atoms with Crippen molar-refractivity contribution in [3.05, 3.63) is 68.1 Å². The molecule has 2 N–H and O–H groups in total. The lowest BCUT2D eigenvalue weighted by atomic mass is 10.1. The Morgan fingerprint density at radius 2 is 1.56 bits per heavy atom. The fourth-order valence-corrected chi connectivity index (χ4v) is 6.82. The van der Waals surface area contributed by atoms with Crippen molar-refractivity contribution >= 4 is 28.3 Å². The monoisotopic (exact) mass is 663 g/mol. The number of nitrogens with one attached hydrogen (secondary N) is 2. The molecule has 45 heavy (non-hydrogen) atoms. The van der Waals surface area contributed by atoms with Gasteiger partial charge in [-0.05, 0) is 67.5 Å². The third kappa shape index (κ3) is 8.78. The number of anilines is 1. The first-order valence-corrected chi connectivity index (χ1v) is 21.0. The minimum atomic E-state index is -2.48. The number of aromatic nitrogens is 2. The van der Waals surface area contributed by atoms with E-state index in [-0.39, 0.29) is 23.2 Å². The van der Waals surface area contributed by atoms with Gasteiger partial charge in [-0.2, -0.15) is 4.86 Å². The second kappa shape index (κ2) is 13.7. The highest BCUT2D eigenvalue weighted by atomic mass is 28.4. The van der Waals surface area contributed by atoms with Crippen LogP contribution in [0.15, 0.2) is 51.3 Å². The minimum absolute atomic E-state index is 0.176. The van der Waals surface area contributed by atoms with Gasteiger partial charge in [-0.3, -0.25) is 14.3 Å². The van der Waals surface area contributed by atoms with Gasteiger partial charge in [0.2, 0.25) is 0 Å². The Morgan fingerprint density at radius 1 is 1.00 bits per heavy atom. The summed E-state index contributed by atoms with van der Waals surface area (Å²) in [5.74, 6) is -0.441. The van der Waals surface area contributed by atoms with E-state index in [1.54, 1.807) is 31.2 Å². The Balaban J connectivity index is 2.00. The Hall–Kier alpha value is -3.12. The van der Waals surface area contributed by atoms with Gasteiger partial charge >= 0.3 is 11.7 Å². The van der Waals surface area contributed by atoms with Crippen LogP contribution in [0.25, 0.3) is 0 Å². The molecule has 4 unspecified atom stereocenters. The van der Waals surface area contributed by atoms with Crippen molar-refractivity contribution in [1.82, 2.24) is 9.55 Å². The van der Waals surface area contributed by atoms with Gasteiger partial charge in [-0.25, -0.2) is 9.59 Å². The summed E-state index contributed by atoms with van der Waals surface area (Å²) in [5, 5.41) is 16.8. The number of benzene rings is 1. The number of hydrogen-bond acceptors (Lipinski definition) is 9. The first kappa shape index (κ1) is 36.4. The molecule has 1 aromatic carbocycles. The minimum Gasteiger partial charge on any atom is -0.696 e. The van der Waals surface area contributed by atoms with Crippen molar-refractivity contribution in [3.63, 3.8) is 0 Å². The number of hydrogen-bond donors (Lipinski definition) is 2. The van der Waals surface area contributed by atoms with Gasteiger partial charge < -0.3 is 23.5 Å². The molecule has 0 spiro atoms. The molecular weight excluding hydrogens is 615 g/mol. The second-order valence-electron chi connectivity index (χ2n) is 14.3. The summed E-state index contributed by atoms with van der Waals surface area (Å²) < 4.78 is 26.6. The lowest BCUT2D eigenvalue weighted by Crippen LogP contribution is -2.54. The van der Waals surface area contributed by atoms with E-state index in [9.17, 15) is 19.6 Å². The fourth-order valence-electron chi connectivity index (χ4n) is 4.21. The third-order valence-corrected chi connectivity index (χ3v) is 17.9. The lowest BCUT2D eigenvalue weighted by Gasteiger charge is -2.44. The molecule has 2 aromatic rings. The molecular formula is C30H49N5O8Si2. The number of carbonyl (C=O) groups is 1. The molecule has 0 radical (unpaired) electrons. The van der Waals surface area contributed by atoms with Crippen LogP contribution in [0.3, 0.4) is 0 Å². The zero-order valence-corrected chi connectivity index (χ0v) is 30.3. The number of hydroxylamine groups is 1. The SMILES string of the molecule is CCOC(=O)c1ccc(NN=[N+]([O-])CC2OC(n3ccc(=O)[nH]c3=O)C(O[Si](C)(C)C(C)(C)C)C2O[Si](C)(C)C(C)(C)C)cc1. The molecule has 1 aliphatic rings. The number of aromatic amines is 1.